The van der Waals surface area contributed by atoms with E-state index in [-0.39, 0.29) is 32.3 Å². The monoisotopic (exact) mass is 809 g/mol. The zero-order valence-corrected chi connectivity index (χ0v) is 30.5. The first-order chi connectivity index (χ1) is 22.3. The molecule has 1 spiro atoms. The SMILES string of the molecule is CC(O)CC(C)O.CN1[CH-]N(c2[c-]cccc2)C=C1C1CCC2(CCCCC2)CC1.[Ir+3].[c-]1ccccc1-c1nccc2ccccc12. The summed E-state index contributed by atoms with van der Waals surface area (Å²) in [4.78, 5) is 8.99. The maximum Gasteiger partial charge on any atom is 3.00 e. The molecule has 0 bridgehead atoms. The van der Waals surface area contributed by atoms with Crippen LogP contribution in [0.25, 0.3) is 22.0 Å². The Labute approximate surface area is 296 Å². The van der Waals surface area contributed by atoms with Gasteiger partial charge in [-0.05, 0) is 106 Å². The second-order valence-corrected chi connectivity index (χ2v) is 13.4. The number of allylic oxidation sites excluding steroid dienone is 1. The molecule has 7 rings (SSSR count). The van der Waals surface area contributed by atoms with Gasteiger partial charge in [-0.3, -0.25) is 0 Å². The van der Waals surface area contributed by atoms with Crippen molar-refractivity contribution in [2.45, 2.75) is 90.3 Å². The quantitative estimate of drug-likeness (QED) is 0.197. The average Bonchev–Trinajstić information content (AvgIpc) is 3.47. The van der Waals surface area contributed by atoms with Crippen LogP contribution in [-0.2, 0) is 20.1 Å². The van der Waals surface area contributed by atoms with Gasteiger partial charge >= 0.3 is 20.1 Å². The van der Waals surface area contributed by atoms with Crippen molar-refractivity contribution in [2.75, 3.05) is 11.9 Å². The summed E-state index contributed by atoms with van der Waals surface area (Å²) in [6.45, 7) is 5.52. The van der Waals surface area contributed by atoms with Crippen LogP contribution < -0.4 is 4.90 Å². The summed E-state index contributed by atoms with van der Waals surface area (Å²) < 4.78 is 0. The summed E-state index contributed by atoms with van der Waals surface area (Å²) in [5.74, 6) is 0.734. The Bertz CT molecular complexity index is 1500. The second-order valence-electron chi connectivity index (χ2n) is 13.4. The van der Waals surface area contributed by atoms with Crippen molar-refractivity contribution in [3.05, 3.63) is 116 Å². The van der Waals surface area contributed by atoms with Gasteiger partial charge in [0.05, 0.1) is 12.2 Å². The molecule has 2 heterocycles. The zero-order valence-electron chi connectivity index (χ0n) is 28.1. The van der Waals surface area contributed by atoms with Gasteiger partial charge < -0.3 is 25.0 Å². The summed E-state index contributed by atoms with van der Waals surface area (Å²) in [5, 5.41) is 19.5. The van der Waals surface area contributed by atoms with E-state index in [0.29, 0.717) is 11.8 Å². The third-order valence-corrected chi connectivity index (χ3v) is 9.65. The van der Waals surface area contributed by atoms with Gasteiger partial charge in [-0.15, -0.1) is 41.6 Å². The Morgan fingerprint density at radius 2 is 1.51 bits per heavy atom. The van der Waals surface area contributed by atoms with E-state index < -0.39 is 0 Å². The normalized spacial score (nSPS) is 18.6. The molecule has 47 heavy (non-hydrogen) atoms. The summed E-state index contributed by atoms with van der Waals surface area (Å²) in [5.41, 5.74) is 5.38. The predicted octanol–water partition coefficient (Wildman–Crippen LogP) is 9.18. The number of aliphatic hydroxyl groups is 2. The molecule has 0 amide bonds. The van der Waals surface area contributed by atoms with E-state index in [4.69, 9.17) is 10.2 Å². The molecule has 0 radical (unpaired) electrons. The van der Waals surface area contributed by atoms with Crippen molar-refractivity contribution in [3.63, 3.8) is 0 Å². The third kappa shape index (κ3) is 10.2. The van der Waals surface area contributed by atoms with Crippen molar-refractivity contribution in [1.82, 2.24) is 9.88 Å². The van der Waals surface area contributed by atoms with Gasteiger partial charge in [0, 0.05) is 11.9 Å². The van der Waals surface area contributed by atoms with E-state index in [1.807, 2.05) is 60.8 Å². The molecular formula is C41H50IrN3O2. The molecule has 2 saturated carbocycles. The van der Waals surface area contributed by atoms with Crippen molar-refractivity contribution in [1.29, 1.82) is 0 Å². The minimum Gasteiger partial charge on any atom is -0.508 e. The first-order valence-corrected chi connectivity index (χ1v) is 17.1. The van der Waals surface area contributed by atoms with Crippen LogP contribution >= 0.6 is 0 Å². The van der Waals surface area contributed by atoms with Crippen molar-refractivity contribution >= 4 is 16.5 Å². The number of nitrogens with zero attached hydrogens (tertiary/aromatic N) is 3. The van der Waals surface area contributed by atoms with E-state index in [9.17, 15) is 0 Å². The van der Waals surface area contributed by atoms with Crippen LogP contribution in [0.1, 0.15) is 78.1 Å². The van der Waals surface area contributed by atoms with E-state index in [1.165, 1.54) is 74.3 Å². The molecule has 2 N–H and O–H groups in total. The number of hydrogen-bond donors (Lipinski definition) is 2. The number of benzene rings is 3. The van der Waals surface area contributed by atoms with Gasteiger partial charge in [0.25, 0.3) is 0 Å². The largest absolute Gasteiger partial charge is 3.00 e. The fraction of sp³-hybridized carbons (Fsp3) is 0.415. The van der Waals surface area contributed by atoms with Gasteiger partial charge in [0.15, 0.2) is 0 Å². The molecule has 6 heteroatoms. The molecule has 1 aromatic heterocycles. The topological polar surface area (TPSA) is 59.8 Å². The third-order valence-electron chi connectivity index (χ3n) is 9.65. The van der Waals surface area contributed by atoms with Crippen molar-refractivity contribution < 1.29 is 30.3 Å². The van der Waals surface area contributed by atoms with Gasteiger partial charge in [0.1, 0.15) is 0 Å². The number of hydrogen-bond acceptors (Lipinski definition) is 5. The van der Waals surface area contributed by atoms with Crippen LogP contribution in [-0.4, -0.2) is 39.4 Å². The number of para-hydroxylation sites is 1. The second kappa shape index (κ2) is 17.9. The number of aliphatic hydroxyl groups excluding tert-OH is 2. The molecule has 2 aliphatic carbocycles. The molecule has 0 saturated heterocycles. The Kier molecular flexibility index (Phi) is 14.0. The van der Waals surface area contributed by atoms with Crippen LogP contribution in [0.2, 0.25) is 0 Å². The number of aromatic nitrogens is 1. The van der Waals surface area contributed by atoms with Crippen LogP contribution in [0.4, 0.5) is 5.69 Å². The average molecular weight is 809 g/mol. The zero-order chi connectivity index (χ0) is 32.4. The minimum absolute atomic E-state index is 0. The van der Waals surface area contributed by atoms with Crippen molar-refractivity contribution in [2.24, 2.45) is 11.3 Å². The fourth-order valence-corrected chi connectivity index (χ4v) is 7.29. The molecule has 2 fully saturated rings. The smallest absolute Gasteiger partial charge is 0.508 e. The van der Waals surface area contributed by atoms with Gasteiger partial charge in [-0.1, -0.05) is 43.5 Å². The summed E-state index contributed by atoms with van der Waals surface area (Å²) in [7, 11) is 2.19. The molecule has 250 valence electrons. The molecule has 4 aromatic rings. The van der Waals surface area contributed by atoms with Gasteiger partial charge in [-0.25, -0.2) is 0 Å². The Morgan fingerprint density at radius 3 is 2.13 bits per heavy atom. The minimum atomic E-state index is -0.375. The summed E-state index contributed by atoms with van der Waals surface area (Å²) in [6.07, 6.45) is 16.9. The Balaban J connectivity index is 0.000000181. The first kappa shape index (κ1) is 36.8. The molecule has 5 nitrogen and oxygen atoms in total. The molecular weight excluding hydrogens is 759 g/mol. The van der Waals surface area contributed by atoms with E-state index >= 15 is 0 Å². The maximum atomic E-state index is 8.56. The molecule has 1 aliphatic heterocycles. The van der Waals surface area contributed by atoms with E-state index in [1.54, 1.807) is 13.8 Å². The standard InChI is InChI=1S/C21H28N2.C15H10N.C5H12O2.Ir/c1-22-17-23(19-8-4-2-5-9-19)16-20(22)18-10-14-21(15-11-18)12-6-3-7-13-21;1-2-7-13(8-3-1)15-14-9-5-4-6-12(14)10-11-16-15;1-4(6)3-5(2)7;/h2,4-5,8,16-18H,3,6-7,10-15H2,1H3;1-7,9-11H;4-7H,3H2,1-2H3;/q-2;-1;;+3. The first-order valence-electron chi connectivity index (χ1n) is 17.1. The van der Waals surface area contributed by atoms with Crippen LogP contribution in [0.15, 0.2) is 97.0 Å². The van der Waals surface area contributed by atoms with Gasteiger partial charge in [0.2, 0.25) is 0 Å². The fourth-order valence-electron chi connectivity index (χ4n) is 7.29. The maximum absolute atomic E-state index is 8.56. The molecule has 3 aliphatic rings. The number of anilines is 1. The molecule has 2 unspecified atom stereocenters. The summed E-state index contributed by atoms with van der Waals surface area (Å²) in [6, 6.07) is 33.0. The predicted molar refractivity (Wildman–Crippen MR) is 189 cm³/mol. The van der Waals surface area contributed by atoms with Crippen LogP contribution in [0.3, 0.4) is 0 Å². The number of rotatable bonds is 5. The molecule has 2 atom stereocenters. The number of fused-ring (bicyclic) bond motifs is 1. The van der Waals surface area contributed by atoms with Crippen LogP contribution in [0, 0.1) is 30.1 Å². The Morgan fingerprint density at radius 1 is 0.851 bits per heavy atom. The van der Waals surface area contributed by atoms with Crippen LogP contribution in [0.5, 0.6) is 0 Å². The van der Waals surface area contributed by atoms with E-state index in [0.717, 1.165) is 22.9 Å². The van der Waals surface area contributed by atoms with Gasteiger partial charge in [-0.2, -0.15) is 37.0 Å². The van der Waals surface area contributed by atoms with E-state index in [2.05, 4.69) is 71.1 Å². The van der Waals surface area contributed by atoms with Crippen molar-refractivity contribution in [3.8, 4) is 11.3 Å². The summed E-state index contributed by atoms with van der Waals surface area (Å²) >= 11 is 0. The Hall–Kier alpha value is -3.02. The molecule has 3 aromatic carbocycles. The number of pyridine rings is 1.